The minimum absolute atomic E-state index is 0.125. The molecule has 0 aliphatic rings. The number of halogens is 4. The summed E-state index contributed by atoms with van der Waals surface area (Å²) in [7, 11) is 0. The average molecular weight is 313 g/mol. The Morgan fingerprint density at radius 1 is 1.41 bits per heavy atom. The van der Waals surface area contributed by atoms with E-state index in [0.717, 1.165) is 12.3 Å². The van der Waals surface area contributed by atoms with Gasteiger partial charge in [-0.05, 0) is 22.0 Å². The van der Waals surface area contributed by atoms with Crippen LogP contribution in [0.5, 0.6) is 0 Å². The number of carbonyl (C=O) groups excluding carboxylic acids is 1. The van der Waals surface area contributed by atoms with Gasteiger partial charge in [-0.3, -0.25) is 4.79 Å². The Bertz CT molecular complexity index is 476. The quantitative estimate of drug-likeness (QED) is 0.819. The standard InChI is InChI=1S/C8H4BrF3N2O3/c9-5-1-3(6(15)16)4(2-13-5)14-7(17)8(10,11)12/h1-2H,(H,14,17)(H,15,16). The Hall–Kier alpha value is -1.64. The third-order valence-electron chi connectivity index (χ3n) is 1.61. The average Bonchev–Trinajstić information content (AvgIpc) is 2.18. The third-order valence-corrected chi connectivity index (χ3v) is 2.04. The number of aromatic carboxylic acids is 1. The molecule has 0 saturated heterocycles. The maximum absolute atomic E-state index is 12.0. The van der Waals surface area contributed by atoms with E-state index in [1.807, 2.05) is 0 Å². The maximum atomic E-state index is 12.0. The lowest BCUT2D eigenvalue weighted by molar-refractivity contribution is -0.167. The molecule has 9 heteroatoms. The van der Waals surface area contributed by atoms with Crippen LogP contribution in [0.3, 0.4) is 0 Å². The van der Waals surface area contributed by atoms with Crippen molar-refractivity contribution in [3.63, 3.8) is 0 Å². The number of amides is 1. The highest BCUT2D eigenvalue weighted by molar-refractivity contribution is 9.10. The van der Waals surface area contributed by atoms with Crippen LogP contribution in [0.4, 0.5) is 18.9 Å². The van der Waals surface area contributed by atoms with E-state index in [1.165, 1.54) is 5.32 Å². The van der Waals surface area contributed by atoms with Crippen LogP contribution in [-0.2, 0) is 4.79 Å². The van der Waals surface area contributed by atoms with Gasteiger partial charge in [0.2, 0.25) is 0 Å². The van der Waals surface area contributed by atoms with E-state index in [2.05, 4.69) is 20.9 Å². The van der Waals surface area contributed by atoms with Gasteiger partial charge in [0.05, 0.1) is 17.4 Å². The second-order valence-corrected chi connectivity index (χ2v) is 3.62. The van der Waals surface area contributed by atoms with Crippen molar-refractivity contribution in [2.24, 2.45) is 0 Å². The zero-order valence-corrected chi connectivity index (χ0v) is 9.46. The molecule has 5 nitrogen and oxygen atoms in total. The normalized spacial score (nSPS) is 11.1. The molecule has 0 aromatic carbocycles. The highest BCUT2D eigenvalue weighted by atomic mass is 79.9. The van der Waals surface area contributed by atoms with E-state index in [0.29, 0.717) is 0 Å². The number of carboxylic acid groups (broad SMARTS) is 1. The number of alkyl halides is 3. The van der Waals surface area contributed by atoms with Crippen LogP contribution >= 0.6 is 15.9 Å². The van der Waals surface area contributed by atoms with E-state index < -0.39 is 29.3 Å². The van der Waals surface area contributed by atoms with Crippen molar-refractivity contribution in [3.8, 4) is 0 Å². The Morgan fingerprint density at radius 2 is 2.00 bits per heavy atom. The number of nitrogens with one attached hydrogen (secondary N) is 1. The molecule has 0 unspecified atom stereocenters. The molecular formula is C8H4BrF3N2O3. The highest BCUT2D eigenvalue weighted by Gasteiger charge is 2.39. The molecule has 1 aromatic rings. The number of aromatic nitrogens is 1. The fourth-order valence-electron chi connectivity index (χ4n) is 0.900. The van der Waals surface area contributed by atoms with E-state index in [-0.39, 0.29) is 4.60 Å². The largest absolute Gasteiger partial charge is 0.478 e. The second-order valence-electron chi connectivity index (χ2n) is 2.81. The summed E-state index contributed by atoms with van der Waals surface area (Å²) in [6, 6.07) is 0.980. The SMILES string of the molecule is O=C(O)c1cc(Br)ncc1NC(=O)C(F)(F)F. The molecule has 2 N–H and O–H groups in total. The molecule has 0 aliphatic heterocycles. The predicted molar refractivity (Wildman–Crippen MR) is 53.6 cm³/mol. The van der Waals surface area contributed by atoms with Crippen molar-refractivity contribution in [3.05, 3.63) is 22.4 Å². The van der Waals surface area contributed by atoms with Gasteiger partial charge in [-0.15, -0.1) is 0 Å². The summed E-state index contributed by atoms with van der Waals surface area (Å²) < 4.78 is 36.0. The molecule has 0 fully saturated rings. The van der Waals surface area contributed by atoms with Crippen LogP contribution in [0, 0.1) is 0 Å². The molecule has 0 bridgehead atoms. The lowest BCUT2D eigenvalue weighted by atomic mass is 10.2. The molecule has 92 valence electrons. The van der Waals surface area contributed by atoms with Gasteiger partial charge in [-0.1, -0.05) is 0 Å². The minimum atomic E-state index is -5.09. The second kappa shape index (κ2) is 4.70. The molecule has 0 spiro atoms. The zero-order valence-electron chi connectivity index (χ0n) is 7.88. The summed E-state index contributed by atoms with van der Waals surface area (Å²) in [6.07, 6.45) is -4.28. The first-order chi connectivity index (χ1) is 7.71. The molecule has 0 atom stereocenters. The van der Waals surface area contributed by atoms with Gasteiger partial charge in [-0.2, -0.15) is 13.2 Å². The molecule has 1 rings (SSSR count). The molecule has 1 aromatic heterocycles. The molecule has 0 aliphatic carbocycles. The van der Waals surface area contributed by atoms with Gasteiger partial charge in [-0.25, -0.2) is 9.78 Å². The third kappa shape index (κ3) is 3.41. The summed E-state index contributed by atoms with van der Waals surface area (Å²) in [5.41, 5.74) is -1.02. The Balaban J connectivity index is 3.07. The van der Waals surface area contributed by atoms with Gasteiger partial charge in [0.25, 0.3) is 0 Å². The number of pyridine rings is 1. The monoisotopic (exact) mass is 312 g/mol. The first-order valence-corrected chi connectivity index (χ1v) is 4.78. The van der Waals surface area contributed by atoms with Crippen molar-refractivity contribution in [2.75, 3.05) is 5.32 Å². The number of carboxylic acids is 1. The fourth-order valence-corrected chi connectivity index (χ4v) is 1.23. The van der Waals surface area contributed by atoms with Crippen molar-refractivity contribution in [1.29, 1.82) is 0 Å². The molecule has 1 amide bonds. The topological polar surface area (TPSA) is 79.3 Å². The summed E-state index contributed by atoms with van der Waals surface area (Å²) in [5, 5.41) is 10.2. The Labute approximate surface area is 101 Å². The van der Waals surface area contributed by atoms with Gasteiger partial charge < -0.3 is 10.4 Å². The van der Waals surface area contributed by atoms with Crippen molar-refractivity contribution < 1.29 is 27.9 Å². The van der Waals surface area contributed by atoms with Crippen LogP contribution in [-0.4, -0.2) is 28.1 Å². The van der Waals surface area contributed by atoms with Crippen molar-refractivity contribution in [1.82, 2.24) is 4.98 Å². The Kier molecular flexibility index (Phi) is 3.71. The smallest absolute Gasteiger partial charge is 0.471 e. The van der Waals surface area contributed by atoms with E-state index in [9.17, 15) is 22.8 Å². The van der Waals surface area contributed by atoms with E-state index in [4.69, 9.17) is 5.11 Å². The van der Waals surface area contributed by atoms with Gasteiger partial charge >= 0.3 is 18.1 Å². The highest BCUT2D eigenvalue weighted by Crippen LogP contribution is 2.22. The molecule has 0 saturated carbocycles. The van der Waals surface area contributed by atoms with Crippen LogP contribution in [0.15, 0.2) is 16.9 Å². The minimum Gasteiger partial charge on any atom is -0.478 e. The number of nitrogens with zero attached hydrogens (tertiary/aromatic N) is 1. The lowest BCUT2D eigenvalue weighted by Gasteiger charge is -2.09. The summed E-state index contributed by atoms with van der Waals surface area (Å²) >= 11 is 2.86. The first kappa shape index (κ1) is 13.4. The molecule has 0 radical (unpaired) electrons. The summed E-state index contributed by atoms with van der Waals surface area (Å²) in [6.45, 7) is 0. The number of carbonyl (C=O) groups is 2. The first-order valence-electron chi connectivity index (χ1n) is 3.99. The molecule has 1 heterocycles. The van der Waals surface area contributed by atoms with Gasteiger partial charge in [0, 0.05) is 0 Å². The maximum Gasteiger partial charge on any atom is 0.471 e. The Morgan fingerprint density at radius 3 is 2.47 bits per heavy atom. The van der Waals surface area contributed by atoms with E-state index in [1.54, 1.807) is 0 Å². The number of anilines is 1. The van der Waals surface area contributed by atoms with Gasteiger partial charge in [0.15, 0.2) is 0 Å². The molecule has 17 heavy (non-hydrogen) atoms. The van der Waals surface area contributed by atoms with Crippen molar-refractivity contribution >= 4 is 33.5 Å². The zero-order chi connectivity index (χ0) is 13.2. The van der Waals surface area contributed by atoms with Gasteiger partial charge in [0.1, 0.15) is 4.60 Å². The van der Waals surface area contributed by atoms with Crippen LogP contribution in [0.1, 0.15) is 10.4 Å². The fraction of sp³-hybridized carbons (Fsp3) is 0.125. The van der Waals surface area contributed by atoms with Crippen LogP contribution < -0.4 is 5.32 Å². The van der Waals surface area contributed by atoms with E-state index >= 15 is 0 Å². The van der Waals surface area contributed by atoms with Crippen LogP contribution in [0.25, 0.3) is 0 Å². The van der Waals surface area contributed by atoms with Crippen LogP contribution in [0.2, 0.25) is 0 Å². The summed E-state index contributed by atoms with van der Waals surface area (Å²) in [5.74, 6) is -3.74. The number of hydrogen-bond acceptors (Lipinski definition) is 3. The van der Waals surface area contributed by atoms with Crippen molar-refractivity contribution in [2.45, 2.75) is 6.18 Å². The summed E-state index contributed by atoms with van der Waals surface area (Å²) in [4.78, 5) is 24.9. The number of rotatable bonds is 2. The number of hydrogen-bond donors (Lipinski definition) is 2. The molecular weight excluding hydrogens is 309 g/mol. The predicted octanol–water partition coefficient (Wildman–Crippen LogP) is 2.04. The lowest BCUT2D eigenvalue weighted by Crippen LogP contribution is -2.30.